The van der Waals surface area contributed by atoms with Crippen LogP contribution in [0.4, 0.5) is 5.95 Å². The molecule has 0 radical (unpaired) electrons. The first kappa shape index (κ1) is 19.2. The predicted molar refractivity (Wildman–Crippen MR) is 109 cm³/mol. The first-order chi connectivity index (χ1) is 12.7. The number of nitrogens with zero attached hydrogens (tertiary/aromatic N) is 5. The molecule has 1 aliphatic heterocycles. The van der Waals surface area contributed by atoms with Crippen molar-refractivity contribution in [2.24, 2.45) is 5.73 Å². The molecule has 0 spiro atoms. The molecule has 1 aliphatic rings. The van der Waals surface area contributed by atoms with Gasteiger partial charge in [-0.25, -0.2) is 4.98 Å². The largest absolute Gasteiger partial charge is 0.341 e. The number of nitriles is 1. The molecule has 1 aromatic carbocycles. The lowest BCUT2D eigenvalue weighted by Crippen LogP contribution is -2.44. The van der Waals surface area contributed by atoms with Crippen LogP contribution in [0.15, 0.2) is 42.6 Å². The van der Waals surface area contributed by atoms with E-state index in [0.29, 0.717) is 5.56 Å². The highest BCUT2D eigenvalue weighted by Crippen LogP contribution is 2.31. The molecule has 2 atom stereocenters. The van der Waals surface area contributed by atoms with Crippen LogP contribution >= 0.6 is 12.4 Å². The molecule has 0 unspecified atom stereocenters. The Hall–Kier alpha value is -2.62. The number of anilines is 1. The highest BCUT2D eigenvalue weighted by Gasteiger charge is 2.25. The van der Waals surface area contributed by atoms with E-state index in [1.807, 2.05) is 30.3 Å². The van der Waals surface area contributed by atoms with Crippen LogP contribution in [0.3, 0.4) is 0 Å². The van der Waals surface area contributed by atoms with Crippen LogP contribution in [0.5, 0.6) is 0 Å². The average molecular weight is 383 g/mol. The minimum Gasteiger partial charge on any atom is -0.341 e. The number of piperidine rings is 1. The van der Waals surface area contributed by atoms with Crippen molar-refractivity contribution in [3.8, 4) is 6.07 Å². The normalized spacial score (nSPS) is 18.0. The SMILES string of the molecule is C[C@@H](c1ccc(C#N)cn1)n1c(N2CCC[C@H](N)C2)nc2ccccc21.Cl. The number of fused-ring (bicyclic) bond motifs is 1. The second-order valence-electron chi connectivity index (χ2n) is 6.88. The van der Waals surface area contributed by atoms with Crippen molar-refractivity contribution in [3.63, 3.8) is 0 Å². The lowest BCUT2D eigenvalue weighted by atomic mass is 10.1. The van der Waals surface area contributed by atoms with Gasteiger partial charge in [0.25, 0.3) is 0 Å². The third kappa shape index (κ3) is 3.61. The predicted octanol–water partition coefficient (Wildman–Crippen LogP) is 3.26. The van der Waals surface area contributed by atoms with E-state index in [-0.39, 0.29) is 24.5 Å². The minimum absolute atomic E-state index is 0. The maximum atomic E-state index is 9.01. The van der Waals surface area contributed by atoms with Gasteiger partial charge >= 0.3 is 0 Å². The van der Waals surface area contributed by atoms with Crippen molar-refractivity contribution in [2.45, 2.75) is 31.8 Å². The summed E-state index contributed by atoms with van der Waals surface area (Å²) in [6.45, 7) is 3.90. The Morgan fingerprint density at radius 1 is 1.26 bits per heavy atom. The third-order valence-electron chi connectivity index (χ3n) is 5.05. The van der Waals surface area contributed by atoms with Gasteiger partial charge in [0.15, 0.2) is 0 Å². The van der Waals surface area contributed by atoms with Gasteiger partial charge in [0.05, 0.1) is 28.3 Å². The van der Waals surface area contributed by atoms with E-state index in [2.05, 4.69) is 33.5 Å². The number of pyridine rings is 1. The smallest absolute Gasteiger partial charge is 0.207 e. The molecule has 0 saturated carbocycles. The fourth-order valence-corrected chi connectivity index (χ4v) is 3.68. The molecule has 2 aromatic heterocycles. The monoisotopic (exact) mass is 382 g/mol. The zero-order chi connectivity index (χ0) is 18.1. The van der Waals surface area contributed by atoms with Crippen LogP contribution in [0.25, 0.3) is 11.0 Å². The second kappa shape index (κ2) is 7.95. The van der Waals surface area contributed by atoms with E-state index in [0.717, 1.165) is 48.6 Å². The molecule has 2 N–H and O–H groups in total. The second-order valence-corrected chi connectivity index (χ2v) is 6.88. The van der Waals surface area contributed by atoms with Crippen LogP contribution in [0, 0.1) is 11.3 Å². The van der Waals surface area contributed by atoms with Gasteiger partial charge in [0.2, 0.25) is 5.95 Å². The number of para-hydroxylation sites is 2. The van der Waals surface area contributed by atoms with Gasteiger partial charge in [-0.15, -0.1) is 12.4 Å². The molecule has 1 fully saturated rings. The quantitative estimate of drug-likeness (QED) is 0.751. The maximum Gasteiger partial charge on any atom is 0.207 e. The highest BCUT2D eigenvalue weighted by atomic mass is 35.5. The van der Waals surface area contributed by atoms with Gasteiger partial charge in [-0.3, -0.25) is 4.98 Å². The molecule has 0 amide bonds. The zero-order valence-corrected chi connectivity index (χ0v) is 16.1. The van der Waals surface area contributed by atoms with E-state index in [1.165, 1.54) is 0 Å². The highest BCUT2D eigenvalue weighted by molar-refractivity contribution is 5.85. The van der Waals surface area contributed by atoms with Gasteiger partial charge in [0.1, 0.15) is 6.07 Å². The Balaban J connectivity index is 0.00000210. The molecule has 3 aromatic rings. The van der Waals surface area contributed by atoms with E-state index >= 15 is 0 Å². The average Bonchev–Trinajstić information content (AvgIpc) is 3.07. The molecule has 0 aliphatic carbocycles. The number of nitrogens with two attached hydrogens (primary N) is 1. The van der Waals surface area contributed by atoms with Crippen molar-refractivity contribution in [1.82, 2.24) is 14.5 Å². The summed E-state index contributed by atoms with van der Waals surface area (Å²) in [5.74, 6) is 0.944. The molecular formula is C20H23ClN6. The summed E-state index contributed by atoms with van der Waals surface area (Å²) in [5, 5.41) is 9.01. The topological polar surface area (TPSA) is 83.8 Å². The van der Waals surface area contributed by atoms with Gasteiger partial charge < -0.3 is 15.2 Å². The van der Waals surface area contributed by atoms with E-state index in [1.54, 1.807) is 6.20 Å². The number of aromatic nitrogens is 3. The molecule has 140 valence electrons. The maximum absolute atomic E-state index is 9.01. The van der Waals surface area contributed by atoms with Crippen LogP contribution in [-0.4, -0.2) is 33.7 Å². The number of imidazole rings is 1. The summed E-state index contributed by atoms with van der Waals surface area (Å²) < 4.78 is 2.24. The first-order valence-corrected chi connectivity index (χ1v) is 9.01. The molecule has 27 heavy (non-hydrogen) atoms. The fourth-order valence-electron chi connectivity index (χ4n) is 3.68. The standard InChI is InChI=1S/C20H22N6.ClH/c1-14(17-9-8-15(11-21)12-23-17)26-19-7-3-2-6-18(19)24-20(26)25-10-4-5-16(22)13-25;/h2-3,6-9,12,14,16H,4-5,10,13,22H2,1H3;1H/t14-,16-;/m0./s1. The molecular weight excluding hydrogens is 360 g/mol. The molecule has 3 heterocycles. The number of rotatable bonds is 3. The van der Waals surface area contributed by atoms with Crippen molar-refractivity contribution < 1.29 is 0 Å². The van der Waals surface area contributed by atoms with Crippen LogP contribution in [0.2, 0.25) is 0 Å². The fraction of sp³-hybridized carbons (Fsp3) is 0.350. The number of hydrogen-bond donors (Lipinski definition) is 1. The van der Waals surface area contributed by atoms with Crippen molar-refractivity contribution >= 4 is 29.4 Å². The zero-order valence-electron chi connectivity index (χ0n) is 15.2. The number of benzene rings is 1. The molecule has 7 heteroatoms. The van der Waals surface area contributed by atoms with Crippen LogP contribution < -0.4 is 10.6 Å². The first-order valence-electron chi connectivity index (χ1n) is 9.01. The van der Waals surface area contributed by atoms with Crippen molar-refractivity contribution in [2.75, 3.05) is 18.0 Å². The molecule has 1 saturated heterocycles. The molecule has 6 nitrogen and oxygen atoms in total. The Labute approximate surface area is 165 Å². The lowest BCUT2D eigenvalue weighted by molar-refractivity contribution is 0.489. The van der Waals surface area contributed by atoms with Gasteiger partial charge in [-0.05, 0) is 44.0 Å². The van der Waals surface area contributed by atoms with E-state index in [9.17, 15) is 0 Å². The Kier molecular flexibility index (Phi) is 5.64. The summed E-state index contributed by atoms with van der Waals surface area (Å²) >= 11 is 0. The van der Waals surface area contributed by atoms with Gasteiger partial charge in [0, 0.05) is 25.3 Å². The molecule has 0 bridgehead atoms. The van der Waals surface area contributed by atoms with Crippen molar-refractivity contribution in [1.29, 1.82) is 5.26 Å². The van der Waals surface area contributed by atoms with E-state index < -0.39 is 0 Å². The number of hydrogen-bond acceptors (Lipinski definition) is 5. The van der Waals surface area contributed by atoms with E-state index in [4.69, 9.17) is 16.0 Å². The van der Waals surface area contributed by atoms with Crippen LogP contribution in [0.1, 0.15) is 37.1 Å². The Morgan fingerprint density at radius 2 is 2.07 bits per heavy atom. The minimum atomic E-state index is 0. The van der Waals surface area contributed by atoms with Crippen molar-refractivity contribution in [3.05, 3.63) is 53.9 Å². The van der Waals surface area contributed by atoms with Crippen LogP contribution in [-0.2, 0) is 0 Å². The Bertz CT molecular complexity index is 959. The summed E-state index contributed by atoms with van der Waals surface area (Å²) in [4.78, 5) is 11.7. The summed E-state index contributed by atoms with van der Waals surface area (Å²) in [5.41, 5.74) is 9.74. The number of halogens is 1. The lowest BCUT2D eigenvalue weighted by Gasteiger charge is -2.33. The summed E-state index contributed by atoms with van der Waals surface area (Å²) in [6.07, 6.45) is 3.76. The van der Waals surface area contributed by atoms with Gasteiger partial charge in [-0.2, -0.15) is 5.26 Å². The summed E-state index contributed by atoms with van der Waals surface area (Å²) in [7, 11) is 0. The Morgan fingerprint density at radius 3 is 2.78 bits per heavy atom. The summed E-state index contributed by atoms with van der Waals surface area (Å²) in [6, 6.07) is 14.2. The molecule has 4 rings (SSSR count). The third-order valence-corrected chi connectivity index (χ3v) is 5.05. The van der Waals surface area contributed by atoms with Gasteiger partial charge in [-0.1, -0.05) is 12.1 Å².